The van der Waals surface area contributed by atoms with Crippen molar-refractivity contribution < 1.29 is 13.6 Å². The van der Waals surface area contributed by atoms with Crippen molar-refractivity contribution in [3.05, 3.63) is 35.2 Å². The van der Waals surface area contributed by atoms with E-state index >= 15 is 0 Å². The number of piperidine rings is 1. The normalized spacial score (nSPS) is 18.5. The van der Waals surface area contributed by atoms with Crippen LogP contribution in [0.15, 0.2) is 23.6 Å². The van der Waals surface area contributed by atoms with Crippen LogP contribution in [0.2, 0.25) is 0 Å². The second-order valence-electron chi connectivity index (χ2n) is 6.19. The lowest BCUT2D eigenvalue weighted by molar-refractivity contribution is -0.117. The van der Waals surface area contributed by atoms with E-state index in [0.717, 1.165) is 37.7 Å². The van der Waals surface area contributed by atoms with Crippen molar-refractivity contribution in [2.45, 2.75) is 19.8 Å². The predicted octanol–water partition coefficient (Wildman–Crippen LogP) is 3.76. The van der Waals surface area contributed by atoms with Crippen LogP contribution in [0.3, 0.4) is 0 Å². The molecule has 24 heavy (non-hydrogen) atoms. The first kappa shape index (κ1) is 17.0. The van der Waals surface area contributed by atoms with Crippen molar-refractivity contribution in [1.29, 1.82) is 0 Å². The zero-order valence-corrected chi connectivity index (χ0v) is 14.2. The molecule has 2 heterocycles. The Bertz CT molecular complexity index is 734. The summed E-state index contributed by atoms with van der Waals surface area (Å²) in [5.41, 5.74) is 0.412. The second kappa shape index (κ2) is 7.36. The molecule has 0 radical (unpaired) electrons. The number of nitrogens with one attached hydrogen (secondary N) is 1. The minimum Gasteiger partial charge on any atom is -0.301 e. The van der Waals surface area contributed by atoms with Gasteiger partial charge in [0, 0.05) is 17.5 Å². The van der Waals surface area contributed by atoms with Crippen LogP contribution in [0, 0.1) is 17.6 Å². The first-order valence-electron chi connectivity index (χ1n) is 7.94. The maximum atomic E-state index is 13.8. The summed E-state index contributed by atoms with van der Waals surface area (Å²) < 4.78 is 27.1. The molecule has 1 aromatic carbocycles. The maximum Gasteiger partial charge on any atom is 0.240 e. The number of benzene rings is 1. The van der Waals surface area contributed by atoms with E-state index in [4.69, 9.17) is 0 Å². The van der Waals surface area contributed by atoms with E-state index in [1.807, 2.05) is 0 Å². The van der Waals surface area contributed by atoms with Gasteiger partial charge in [-0.05, 0) is 43.5 Å². The molecule has 1 aromatic heterocycles. The molecular formula is C17H19F2N3OS. The van der Waals surface area contributed by atoms with E-state index in [1.54, 1.807) is 5.38 Å². The van der Waals surface area contributed by atoms with Gasteiger partial charge in [-0.3, -0.25) is 9.69 Å². The minimum atomic E-state index is -0.540. The van der Waals surface area contributed by atoms with Crippen molar-refractivity contribution in [2.24, 2.45) is 5.92 Å². The van der Waals surface area contributed by atoms with Crippen molar-refractivity contribution in [3.63, 3.8) is 0 Å². The van der Waals surface area contributed by atoms with Gasteiger partial charge in [0.15, 0.2) is 5.13 Å². The Balaban J connectivity index is 1.63. The van der Waals surface area contributed by atoms with E-state index in [9.17, 15) is 13.6 Å². The number of amides is 1. The maximum absolute atomic E-state index is 13.8. The van der Waals surface area contributed by atoms with Crippen molar-refractivity contribution in [1.82, 2.24) is 9.88 Å². The lowest BCUT2D eigenvalue weighted by Gasteiger charge is -2.29. The van der Waals surface area contributed by atoms with Crippen LogP contribution in [0.1, 0.15) is 19.8 Å². The number of hydrogen-bond donors (Lipinski definition) is 1. The Morgan fingerprint density at radius 3 is 3.08 bits per heavy atom. The van der Waals surface area contributed by atoms with E-state index < -0.39 is 11.6 Å². The van der Waals surface area contributed by atoms with Crippen LogP contribution in [-0.2, 0) is 4.79 Å². The van der Waals surface area contributed by atoms with Crippen LogP contribution >= 0.6 is 11.3 Å². The van der Waals surface area contributed by atoms with Gasteiger partial charge in [0.1, 0.15) is 11.6 Å². The third kappa shape index (κ3) is 4.15. The molecule has 0 bridgehead atoms. The molecule has 1 fully saturated rings. The van der Waals surface area contributed by atoms with Crippen LogP contribution in [0.25, 0.3) is 11.3 Å². The van der Waals surface area contributed by atoms with E-state index in [2.05, 4.69) is 22.1 Å². The van der Waals surface area contributed by atoms with Crippen LogP contribution in [0.4, 0.5) is 13.9 Å². The Hall–Kier alpha value is -1.86. The number of rotatable bonds is 4. The summed E-state index contributed by atoms with van der Waals surface area (Å²) in [5.74, 6) is -0.593. The van der Waals surface area contributed by atoms with Gasteiger partial charge in [-0.15, -0.1) is 11.3 Å². The topological polar surface area (TPSA) is 45.2 Å². The zero-order chi connectivity index (χ0) is 17.1. The van der Waals surface area contributed by atoms with Gasteiger partial charge in [0.05, 0.1) is 12.2 Å². The van der Waals surface area contributed by atoms with Crippen LogP contribution in [0.5, 0.6) is 0 Å². The highest BCUT2D eigenvalue weighted by Gasteiger charge is 2.19. The number of likely N-dealkylation sites (tertiary alicyclic amines) is 1. The molecule has 1 aliphatic heterocycles. The molecule has 0 spiro atoms. The lowest BCUT2D eigenvalue weighted by atomic mass is 10.0. The standard InChI is InChI=1S/C17H19F2N3OS/c1-11-3-2-6-22(8-11)9-16(23)21-17-20-15(10-24-17)13-7-12(18)4-5-14(13)19/h4-5,7,10-11H,2-3,6,8-9H2,1H3,(H,20,21,23). The largest absolute Gasteiger partial charge is 0.301 e. The van der Waals surface area contributed by atoms with Gasteiger partial charge in [-0.2, -0.15) is 0 Å². The molecule has 0 aliphatic carbocycles. The van der Waals surface area contributed by atoms with Crippen LogP contribution in [-0.4, -0.2) is 35.4 Å². The van der Waals surface area contributed by atoms with Gasteiger partial charge in [0.25, 0.3) is 0 Å². The van der Waals surface area contributed by atoms with E-state index in [0.29, 0.717) is 23.3 Å². The summed E-state index contributed by atoms with van der Waals surface area (Å²) in [7, 11) is 0. The summed E-state index contributed by atoms with van der Waals surface area (Å²) in [6.45, 7) is 4.36. The molecule has 1 amide bonds. The molecule has 1 saturated heterocycles. The fourth-order valence-electron chi connectivity index (χ4n) is 2.94. The van der Waals surface area contributed by atoms with Gasteiger partial charge in [-0.25, -0.2) is 13.8 Å². The molecule has 7 heteroatoms. The number of carbonyl (C=O) groups excluding carboxylic acids is 1. The fraction of sp³-hybridized carbons (Fsp3) is 0.412. The Morgan fingerprint density at radius 2 is 2.29 bits per heavy atom. The van der Waals surface area contributed by atoms with Crippen molar-refractivity contribution >= 4 is 22.4 Å². The lowest BCUT2D eigenvalue weighted by Crippen LogP contribution is -2.39. The van der Waals surface area contributed by atoms with Gasteiger partial charge in [-0.1, -0.05) is 6.92 Å². The van der Waals surface area contributed by atoms with E-state index in [1.165, 1.54) is 17.8 Å². The predicted molar refractivity (Wildman–Crippen MR) is 90.9 cm³/mol. The molecule has 1 atom stereocenters. The third-order valence-corrected chi connectivity index (χ3v) is 4.82. The molecule has 4 nitrogen and oxygen atoms in total. The van der Waals surface area contributed by atoms with Gasteiger partial charge in [0.2, 0.25) is 5.91 Å². The summed E-state index contributed by atoms with van der Waals surface area (Å²) >= 11 is 1.20. The average molecular weight is 351 g/mol. The summed E-state index contributed by atoms with van der Waals surface area (Å²) in [6.07, 6.45) is 2.31. The average Bonchev–Trinajstić information content (AvgIpc) is 2.97. The Kier molecular flexibility index (Phi) is 5.20. The SMILES string of the molecule is CC1CCCN(CC(=O)Nc2nc(-c3cc(F)ccc3F)cs2)C1. The summed E-state index contributed by atoms with van der Waals surface area (Å²) in [5, 5.41) is 4.74. The number of thiazole rings is 1. The second-order valence-corrected chi connectivity index (χ2v) is 7.05. The Labute approximate surface area is 143 Å². The van der Waals surface area contributed by atoms with Crippen molar-refractivity contribution in [3.8, 4) is 11.3 Å². The van der Waals surface area contributed by atoms with Gasteiger partial charge < -0.3 is 5.32 Å². The highest BCUT2D eigenvalue weighted by molar-refractivity contribution is 7.14. The fourth-order valence-corrected chi connectivity index (χ4v) is 3.67. The molecule has 1 aliphatic rings. The van der Waals surface area contributed by atoms with Gasteiger partial charge >= 0.3 is 0 Å². The number of halogens is 2. The first-order valence-corrected chi connectivity index (χ1v) is 8.82. The molecule has 0 saturated carbocycles. The van der Waals surface area contributed by atoms with Crippen LogP contribution < -0.4 is 5.32 Å². The molecule has 2 aromatic rings. The minimum absolute atomic E-state index is 0.0941. The molecular weight excluding hydrogens is 332 g/mol. The number of carbonyl (C=O) groups is 1. The molecule has 3 rings (SSSR count). The number of anilines is 1. The first-order chi connectivity index (χ1) is 11.5. The highest BCUT2D eigenvalue weighted by Crippen LogP contribution is 2.27. The van der Waals surface area contributed by atoms with Crippen molar-refractivity contribution in [2.75, 3.05) is 25.0 Å². The summed E-state index contributed by atoms with van der Waals surface area (Å²) in [4.78, 5) is 18.5. The molecule has 1 N–H and O–H groups in total. The number of aromatic nitrogens is 1. The highest BCUT2D eigenvalue weighted by atomic mass is 32.1. The van der Waals surface area contributed by atoms with E-state index in [-0.39, 0.29) is 11.5 Å². The monoisotopic (exact) mass is 351 g/mol. The summed E-state index contributed by atoms with van der Waals surface area (Å²) in [6, 6.07) is 3.23. The quantitative estimate of drug-likeness (QED) is 0.912. The number of hydrogen-bond acceptors (Lipinski definition) is 4. The number of nitrogens with zero attached hydrogens (tertiary/aromatic N) is 2. The Morgan fingerprint density at radius 1 is 1.46 bits per heavy atom. The third-order valence-electron chi connectivity index (χ3n) is 4.06. The molecule has 1 unspecified atom stereocenters. The zero-order valence-electron chi connectivity index (χ0n) is 13.4. The smallest absolute Gasteiger partial charge is 0.240 e. The molecule has 128 valence electrons.